The zero-order valence-corrected chi connectivity index (χ0v) is 15.7. The van der Waals surface area contributed by atoms with E-state index in [9.17, 15) is 9.59 Å². The van der Waals surface area contributed by atoms with Gasteiger partial charge < -0.3 is 4.74 Å². The molecule has 1 aliphatic carbocycles. The maximum absolute atomic E-state index is 12.0. The second-order valence-electron chi connectivity index (χ2n) is 7.87. The first-order valence-electron chi connectivity index (χ1n) is 8.80. The summed E-state index contributed by atoms with van der Waals surface area (Å²) < 4.78 is 5.22. The number of carbonyl (C=O) groups is 2. The summed E-state index contributed by atoms with van der Waals surface area (Å²) in [6.45, 7) is 13.2. The minimum atomic E-state index is -0.794. The monoisotopic (exact) mass is 340 g/mol. The molecule has 1 aromatic carbocycles. The Kier molecular flexibility index (Phi) is 5.66. The summed E-state index contributed by atoms with van der Waals surface area (Å²) in [7, 11) is 0. The first-order chi connectivity index (χ1) is 11.7. The lowest BCUT2D eigenvalue weighted by atomic mass is 9.63. The average Bonchev–Trinajstić information content (AvgIpc) is 2.87. The summed E-state index contributed by atoms with van der Waals surface area (Å²) in [4.78, 5) is 24.0. The minimum Gasteiger partial charge on any atom is -0.459 e. The van der Waals surface area contributed by atoms with Crippen LogP contribution in [0.5, 0.6) is 0 Å². The van der Waals surface area contributed by atoms with E-state index in [1.165, 1.54) is 5.57 Å². The van der Waals surface area contributed by atoms with Crippen molar-refractivity contribution >= 4 is 11.8 Å². The van der Waals surface area contributed by atoms with Crippen LogP contribution < -0.4 is 0 Å². The van der Waals surface area contributed by atoms with Crippen molar-refractivity contribution < 1.29 is 14.3 Å². The lowest BCUT2D eigenvalue weighted by Crippen LogP contribution is -2.32. The first kappa shape index (κ1) is 19.2. The van der Waals surface area contributed by atoms with E-state index < -0.39 is 11.8 Å². The van der Waals surface area contributed by atoms with Gasteiger partial charge in [-0.1, -0.05) is 82.3 Å². The molecular formula is C22H28O3. The molecule has 2 atom stereocenters. The van der Waals surface area contributed by atoms with Crippen LogP contribution in [0.2, 0.25) is 0 Å². The predicted molar refractivity (Wildman–Crippen MR) is 100 cm³/mol. The van der Waals surface area contributed by atoms with Crippen LogP contribution in [-0.4, -0.2) is 18.4 Å². The average molecular weight is 340 g/mol. The molecule has 0 amide bonds. The van der Waals surface area contributed by atoms with Gasteiger partial charge in [-0.05, 0) is 24.2 Å². The Bertz CT molecular complexity index is 684. The van der Waals surface area contributed by atoms with E-state index in [1.807, 2.05) is 6.92 Å². The number of ether oxygens (including phenoxy) is 1. The lowest BCUT2D eigenvalue weighted by molar-refractivity contribution is -0.139. The quantitative estimate of drug-likeness (QED) is 0.304. The second-order valence-corrected chi connectivity index (χ2v) is 7.87. The van der Waals surface area contributed by atoms with Gasteiger partial charge in [-0.15, -0.1) is 0 Å². The molecule has 2 rings (SSSR count). The fourth-order valence-corrected chi connectivity index (χ4v) is 3.33. The van der Waals surface area contributed by atoms with Gasteiger partial charge in [0.25, 0.3) is 5.78 Å². The molecule has 0 spiro atoms. The molecule has 1 aromatic rings. The van der Waals surface area contributed by atoms with Crippen LogP contribution in [0.1, 0.15) is 50.9 Å². The van der Waals surface area contributed by atoms with Crippen LogP contribution in [0, 0.1) is 16.7 Å². The number of esters is 1. The lowest BCUT2D eigenvalue weighted by Gasteiger charge is -2.41. The first-order valence-corrected chi connectivity index (χ1v) is 8.80. The van der Waals surface area contributed by atoms with Gasteiger partial charge >= 0.3 is 5.97 Å². The second kappa shape index (κ2) is 7.38. The molecule has 3 heteroatoms. The van der Waals surface area contributed by atoms with E-state index >= 15 is 0 Å². The number of hydrogen-bond donors (Lipinski definition) is 0. The third kappa shape index (κ3) is 4.09. The molecule has 0 bridgehead atoms. The highest BCUT2D eigenvalue weighted by Gasteiger charge is 2.43. The molecule has 0 radical (unpaired) electrons. The highest BCUT2D eigenvalue weighted by molar-refractivity contribution is 6.40. The highest BCUT2D eigenvalue weighted by Crippen LogP contribution is 2.53. The van der Waals surface area contributed by atoms with Gasteiger partial charge in [-0.2, -0.15) is 0 Å². The third-order valence-corrected chi connectivity index (χ3v) is 5.58. The Morgan fingerprint density at radius 1 is 1.20 bits per heavy atom. The molecule has 0 aromatic heterocycles. The fraction of sp³-hybridized carbons (Fsp3) is 0.455. The number of carbonyl (C=O) groups excluding carboxylic acids is 2. The Morgan fingerprint density at radius 3 is 2.40 bits per heavy atom. The van der Waals surface area contributed by atoms with E-state index in [-0.39, 0.29) is 23.4 Å². The van der Waals surface area contributed by atoms with Crippen molar-refractivity contribution in [3.05, 3.63) is 60.2 Å². The van der Waals surface area contributed by atoms with Crippen molar-refractivity contribution in [2.24, 2.45) is 16.7 Å². The molecule has 0 aliphatic heterocycles. The zero-order valence-electron chi connectivity index (χ0n) is 15.7. The van der Waals surface area contributed by atoms with Crippen molar-refractivity contribution in [2.45, 2.75) is 40.5 Å². The van der Waals surface area contributed by atoms with Gasteiger partial charge in [-0.25, -0.2) is 4.79 Å². The Hall–Kier alpha value is -2.16. The molecule has 0 N–H and O–H groups in total. The predicted octanol–water partition coefficient (Wildman–Crippen LogP) is 4.99. The molecule has 134 valence electrons. The molecule has 0 fully saturated rings. The van der Waals surface area contributed by atoms with E-state index in [0.717, 1.165) is 12.8 Å². The maximum atomic E-state index is 12.0. The third-order valence-electron chi connectivity index (χ3n) is 5.58. The molecule has 25 heavy (non-hydrogen) atoms. The van der Waals surface area contributed by atoms with Gasteiger partial charge in [0.2, 0.25) is 0 Å². The highest BCUT2D eigenvalue weighted by atomic mass is 16.5. The summed E-state index contributed by atoms with van der Waals surface area (Å²) in [5, 5.41) is 0. The van der Waals surface area contributed by atoms with Crippen molar-refractivity contribution in [3.8, 4) is 0 Å². The van der Waals surface area contributed by atoms with Gasteiger partial charge in [0.15, 0.2) is 0 Å². The maximum Gasteiger partial charge on any atom is 0.379 e. The standard InChI is InChI=1S/C22H28O3/c1-16(14-17(2)22(5)13-9-12-21(22,3)4)15-25-20(24)19(23)18-10-7-6-8-11-18/h6-12,16H,2,13-15H2,1,3-5H3. The van der Waals surface area contributed by atoms with Gasteiger partial charge in [0.05, 0.1) is 6.61 Å². The molecule has 1 aliphatic rings. The number of benzene rings is 1. The Balaban J connectivity index is 1.86. The molecule has 0 saturated carbocycles. The van der Waals surface area contributed by atoms with Crippen LogP contribution in [0.25, 0.3) is 0 Å². The number of hydrogen-bond acceptors (Lipinski definition) is 3. The Morgan fingerprint density at radius 2 is 1.84 bits per heavy atom. The van der Waals surface area contributed by atoms with Crippen molar-refractivity contribution in [1.82, 2.24) is 0 Å². The summed E-state index contributed by atoms with van der Waals surface area (Å²) in [5.74, 6) is -1.27. The SMILES string of the molecule is C=C(CC(C)COC(=O)C(=O)c1ccccc1)C1(C)CC=CC1(C)C. The number of allylic oxidation sites excluding steroid dienone is 3. The molecule has 3 nitrogen and oxygen atoms in total. The number of Topliss-reactive ketones (excluding diaryl/α,β-unsaturated/α-hetero) is 1. The summed E-state index contributed by atoms with van der Waals surface area (Å²) in [6, 6.07) is 8.49. The van der Waals surface area contributed by atoms with Crippen LogP contribution in [0.15, 0.2) is 54.6 Å². The van der Waals surface area contributed by atoms with Crippen molar-refractivity contribution in [3.63, 3.8) is 0 Å². The van der Waals surface area contributed by atoms with Crippen LogP contribution >= 0.6 is 0 Å². The largest absolute Gasteiger partial charge is 0.459 e. The van der Waals surface area contributed by atoms with E-state index in [1.54, 1.807) is 30.3 Å². The van der Waals surface area contributed by atoms with Gasteiger partial charge in [0, 0.05) is 11.0 Å². The summed E-state index contributed by atoms with van der Waals surface area (Å²) >= 11 is 0. The summed E-state index contributed by atoms with van der Waals surface area (Å²) in [5.41, 5.74) is 1.62. The molecule has 2 unspecified atom stereocenters. The normalized spacial score (nSPS) is 22.4. The topological polar surface area (TPSA) is 43.4 Å². The number of rotatable bonds is 7. The molecular weight excluding hydrogens is 312 g/mol. The van der Waals surface area contributed by atoms with Crippen LogP contribution in [-0.2, 0) is 9.53 Å². The van der Waals surface area contributed by atoms with Crippen LogP contribution in [0.4, 0.5) is 0 Å². The number of ketones is 1. The van der Waals surface area contributed by atoms with Crippen molar-refractivity contribution in [2.75, 3.05) is 6.61 Å². The zero-order chi connectivity index (χ0) is 18.7. The van der Waals surface area contributed by atoms with E-state index in [0.29, 0.717) is 5.56 Å². The fourth-order valence-electron chi connectivity index (χ4n) is 3.33. The Labute approximate surface area is 150 Å². The van der Waals surface area contributed by atoms with E-state index in [2.05, 4.69) is 39.5 Å². The molecule has 0 heterocycles. The van der Waals surface area contributed by atoms with Crippen LogP contribution in [0.3, 0.4) is 0 Å². The van der Waals surface area contributed by atoms with E-state index in [4.69, 9.17) is 4.74 Å². The van der Waals surface area contributed by atoms with Gasteiger partial charge in [0.1, 0.15) is 0 Å². The smallest absolute Gasteiger partial charge is 0.379 e. The van der Waals surface area contributed by atoms with Gasteiger partial charge in [-0.3, -0.25) is 4.79 Å². The summed E-state index contributed by atoms with van der Waals surface area (Å²) in [6.07, 6.45) is 6.22. The minimum absolute atomic E-state index is 0.0190. The molecule has 0 saturated heterocycles. The van der Waals surface area contributed by atoms with Crippen molar-refractivity contribution in [1.29, 1.82) is 0 Å².